The van der Waals surface area contributed by atoms with Crippen molar-refractivity contribution in [1.82, 2.24) is 4.90 Å². The lowest BCUT2D eigenvalue weighted by molar-refractivity contribution is 0.0792. The Bertz CT molecular complexity index is 564. The molecule has 0 fully saturated rings. The monoisotopic (exact) mass is 401 g/mol. The van der Waals surface area contributed by atoms with Gasteiger partial charge < -0.3 is 4.90 Å². The molecular weight excluding hydrogens is 354 g/mol. The van der Waals surface area contributed by atoms with E-state index in [1.54, 1.807) is 0 Å². The molecule has 1 aromatic carbocycles. The third-order valence-electron chi connectivity index (χ3n) is 6.09. The van der Waals surface area contributed by atoms with E-state index in [4.69, 9.17) is 0 Å². The first-order valence-electron chi connectivity index (χ1n) is 12.4. The first kappa shape index (κ1) is 25.7. The van der Waals surface area contributed by atoms with Crippen molar-refractivity contribution >= 4 is 5.91 Å². The maximum absolute atomic E-state index is 12.8. The van der Waals surface area contributed by atoms with Crippen LogP contribution in [0.25, 0.3) is 0 Å². The summed E-state index contributed by atoms with van der Waals surface area (Å²) in [5.74, 6) is 0.672. The van der Waals surface area contributed by atoms with Crippen molar-refractivity contribution < 1.29 is 4.79 Å². The second kappa shape index (κ2) is 15.5. The summed E-state index contributed by atoms with van der Waals surface area (Å²) in [6.07, 6.45) is 17.2. The Kier molecular flexibility index (Phi) is 13.8. The number of nitrogens with zero attached hydrogens (tertiary/aromatic N) is 1. The highest BCUT2D eigenvalue weighted by Crippen LogP contribution is 2.22. The summed E-state index contributed by atoms with van der Waals surface area (Å²) >= 11 is 0. The molecule has 0 N–H and O–H groups in total. The Balaban J connectivity index is 2.18. The lowest BCUT2D eigenvalue weighted by Crippen LogP contribution is -2.27. The van der Waals surface area contributed by atoms with Gasteiger partial charge in [0.05, 0.1) is 0 Å². The third-order valence-corrected chi connectivity index (χ3v) is 6.09. The van der Waals surface area contributed by atoms with Gasteiger partial charge in [-0.25, -0.2) is 0 Å². The topological polar surface area (TPSA) is 20.3 Å². The molecule has 0 unspecified atom stereocenters. The molecule has 166 valence electrons. The Morgan fingerprint density at radius 2 is 1.34 bits per heavy atom. The van der Waals surface area contributed by atoms with Gasteiger partial charge in [-0.2, -0.15) is 0 Å². The summed E-state index contributed by atoms with van der Waals surface area (Å²) in [4.78, 5) is 14.7. The number of hydrogen-bond acceptors (Lipinski definition) is 1. The van der Waals surface area contributed by atoms with Gasteiger partial charge in [-0.1, -0.05) is 104 Å². The molecule has 0 spiro atoms. The van der Waals surface area contributed by atoms with Crippen LogP contribution in [-0.2, 0) is 6.42 Å². The van der Waals surface area contributed by atoms with E-state index < -0.39 is 0 Å². The van der Waals surface area contributed by atoms with Gasteiger partial charge in [0.25, 0.3) is 5.91 Å². The van der Waals surface area contributed by atoms with E-state index in [0.717, 1.165) is 24.9 Å². The van der Waals surface area contributed by atoms with E-state index in [1.165, 1.54) is 81.8 Å². The van der Waals surface area contributed by atoms with E-state index in [0.29, 0.717) is 5.92 Å². The number of aryl methyl sites for hydroxylation is 1. The molecule has 1 amide bonds. The van der Waals surface area contributed by atoms with Gasteiger partial charge in [0.15, 0.2) is 0 Å². The van der Waals surface area contributed by atoms with Crippen LogP contribution in [0, 0.1) is 0 Å². The summed E-state index contributed by atoms with van der Waals surface area (Å²) in [5, 5.41) is 0. The minimum atomic E-state index is 0.165. The van der Waals surface area contributed by atoms with Crippen molar-refractivity contribution in [1.29, 1.82) is 0 Å². The Labute approximate surface area is 181 Å². The van der Waals surface area contributed by atoms with E-state index in [9.17, 15) is 4.79 Å². The molecule has 0 bridgehead atoms. The Morgan fingerprint density at radius 1 is 0.828 bits per heavy atom. The number of carbonyl (C=O) groups excluding carboxylic acids is 1. The average molecular weight is 402 g/mol. The lowest BCUT2D eigenvalue weighted by Gasteiger charge is -2.19. The normalized spacial score (nSPS) is 11.2. The molecule has 1 rings (SSSR count). The third kappa shape index (κ3) is 10.3. The van der Waals surface area contributed by atoms with Gasteiger partial charge in [0.2, 0.25) is 0 Å². The summed E-state index contributed by atoms with van der Waals surface area (Å²) in [6.45, 7) is 9.75. The average Bonchev–Trinajstić information content (AvgIpc) is 2.73. The van der Waals surface area contributed by atoms with Crippen LogP contribution in [0.4, 0.5) is 0 Å². The predicted molar refractivity (Wildman–Crippen MR) is 128 cm³/mol. The number of benzene rings is 1. The highest BCUT2D eigenvalue weighted by molar-refractivity contribution is 5.94. The highest BCUT2D eigenvalue weighted by atomic mass is 16.2. The number of amides is 1. The molecule has 0 saturated carbocycles. The van der Waals surface area contributed by atoms with Crippen molar-refractivity contribution in [3.05, 3.63) is 34.9 Å². The molecule has 0 radical (unpaired) electrons. The predicted octanol–water partition coefficient (Wildman–Crippen LogP) is 8.15. The summed E-state index contributed by atoms with van der Waals surface area (Å²) in [6, 6.07) is 6.26. The van der Waals surface area contributed by atoms with E-state index in [1.807, 2.05) is 18.0 Å². The molecule has 0 atom stereocenters. The van der Waals surface area contributed by atoms with Crippen LogP contribution in [0.2, 0.25) is 0 Å². The smallest absolute Gasteiger partial charge is 0.253 e. The second-order valence-electron chi connectivity index (χ2n) is 9.04. The molecule has 2 heteroatoms. The van der Waals surface area contributed by atoms with E-state index in [2.05, 4.69) is 39.8 Å². The summed E-state index contributed by atoms with van der Waals surface area (Å²) < 4.78 is 0. The maximum atomic E-state index is 12.8. The van der Waals surface area contributed by atoms with E-state index in [-0.39, 0.29) is 5.91 Å². The lowest BCUT2D eigenvalue weighted by atomic mass is 9.93. The highest BCUT2D eigenvalue weighted by Gasteiger charge is 2.14. The quantitative estimate of drug-likeness (QED) is 0.256. The second-order valence-corrected chi connectivity index (χ2v) is 9.04. The maximum Gasteiger partial charge on any atom is 0.253 e. The van der Waals surface area contributed by atoms with Crippen LogP contribution in [0.1, 0.15) is 132 Å². The molecule has 1 aromatic rings. The minimum Gasteiger partial charge on any atom is -0.342 e. The van der Waals surface area contributed by atoms with Crippen LogP contribution >= 0.6 is 0 Å². The van der Waals surface area contributed by atoms with E-state index >= 15 is 0 Å². The van der Waals surface area contributed by atoms with Gasteiger partial charge in [0, 0.05) is 19.2 Å². The number of hydrogen-bond donors (Lipinski definition) is 0. The van der Waals surface area contributed by atoms with Crippen molar-refractivity contribution in [3.63, 3.8) is 0 Å². The molecular formula is C27H47NO. The zero-order valence-corrected chi connectivity index (χ0v) is 20.1. The van der Waals surface area contributed by atoms with Gasteiger partial charge in [-0.15, -0.1) is 0 Å². The molecule has 0 heterocycles. The van der Waals surface area contributed by atoms with Gasteiger partial charge in [-0.05, 0) is 42.0 Å². The first-order chi connectivity index (χ1) is 14.0. The van der Waals surface area contributed by atoms with Crippen LogP contribution in [0.15, 0.2) is 18.2 Å². The van der Waals surface area contributed by atoms with Crippen molar-refractivity contribution in [2.75, 3.05) is 13.6 Å². The zero-order valence-electron chi connectivity index (χ0n) is 20.1. The van der Waals surface area contributed by atoms with Gasteiger partial charge >= 0.3 is 0 Å². The zero-order chi connectivity index (χ0) is 21.5. The minimum absolute atomic E-state index is 0.165. The first-order valence-corrected chi connectivity index (χ1v) is 12.4. The van der Waals surface area contributed by atoms with Crippen molar-refractivity contribution in [3.8, 4) is 0 Å². The fourth-order valence-corrected chi connectivity index (χ4v) is 4.12. The summed E-state index contributed by atoms with van der Waals surface area (Å²) in [7, 11) is 1.95. The van der Waals surface area contributed by atoms with Crippen LogP contribution in [-0.4, -0.2) is 24.4 Å². The molecule has 29 heavy (non-hydrogen) atoms. The summed E-state index contributed by atoms with van der Waals surface area (Å²) in [5.41, 5.74) is 3.52. The van der Waals surface area contributed by atoms with Crippen LogP contribution in [0.3, 0.4) is 0 Å². The number of rotatable bonds is 16. The standard InChI is InChI=1S/C27H47NO/c1-6-8-9-10-11-12-13-14-15-16-17-18-21-28(5)27(29)25-19-20-26(23(3)4)24(7-2)22-25/h19-20,22-23H,6-18,21H2,1-5H3. The molecule has 0 saturated heterocycles. The van der Waals surface area contributed by atoms with Crippen molar-refractivity contribution in [2.45, 2.75) is 117 Å². The molecule has 0 aliphatic rings. The molecule has 0 aliphatic heterocycles. The van der Waals surface area contributed by atoms with Crippen LogP contribution < -0.4 is 0 Å². The van der Waals surface area contributed by atoms with Crippen molar-refractivity contribution in [2.24, 2.45) is 0 Å². The van der Waals surface area contributed by atoms with Crippen LogP contribution in [0.5, 0.6) is 0 Å². The number of carbonyl (C=O) groups is 1. The fraction of sp³-hybridized carbons (Fsp3) is 0.741. The molecule has 0 aliphatic carbocycles. The Hall–Kier alpha value is -1.31. The SMILES string of the molecule is CCCCCCCCCCCCCCN(C)C(=O)c1ccc(C(C)C)c(CC)c1. The van der Waals surface area contributed by atoms with Gasteiger partial charge in [0.1, 0.15) is 0 Å². The Morgan fingerprint density at radius 3 is 1.83 bits per heavy atom. The largest absolute Gasteiger partial charge is 0.342 e. The number of unbranched alkanes of at least 4 members (excludes halogenated alkanes) is 11. The fourth-order valence-electron chi connectivity index (χ4n) is 4.12. The van der Waals surface area contributed by atoms with Gasteiger partial charge in [-0.3, -0.25) is 4.79 Å². The molecule has 0 aromatic heterocycles. The molecule has 2 nitrogen and oxygen atoms in total.